The highest BCUT2D eigenvalue weighted by Crippen LogP contribution is 2.22. The molecule has 15 heavy (non-hydrogen) atoms. The Morgan fingerprint density at radius 2 is 1.53 bits per heavy atom. The number of aryl methyl sites for hydroxylation is 2. The van der Waals surface area contributed by atoms with Gasteiger partial charge in [0.1, 0.15) is 5.82 Å². The summed E-state index contributed by atoms with van der Waals surface area (Å²) in [6.45, 7) is 9.08. The van der Waals surface area contributed by atoms with E-state index in [-0.39, 0.29) is 0 Å². The number of nitrogens with two attached hydrogens (primary N) is 1. The maximum absolute atomic E-state index is 5.60. The third kappa shape index (κ3) is 2.53. The molecule has 0 radical (unpaired) electrons. The molecule has 2 N–H and O–H groups in total. The van der Waals surface area contributed by atoms with Gasteiger partial charge in [0, 0.05) is 11.4 Å². The largest absolute Gasteiger partial charge is 0.324 e. The molecular formula is C12H21N3. The Kier molecular flexibility index (Phi) is 4.21. The van der Waals surface area contributed by atoms with E-state index in [2.05, 4.69) is 37.7 Å². The number of rotatable bonds is 4. The molecule has 0 amide bonds. The fourth-order valence-corrected chi connectivity index (χ4v) is 1.92. The van der Waals surface area contributed by atoms with Gasteiger partial charge in [-0.2, -0.15) is 0 Å². The van der Waals surface area contributed by atoms with E-state index in [0.29, 0.717) is 12.5 Å². The number of hydrogen-bond donors (Lipinski definition) is 1. The van der Waals surface area contributed by atoms with Crippen LogP contribution < -0.4 is 5.73 Å². The molecule has 0 aromatic carbocycles. The van der Waals surface area contributed by atoms with E-state index in [4.69, 9.17) is 5.73 Å². The zero-order chi connectivity index (χ0) is 11.4. The quantitative estimate of drug-likeness (QED) is 0.823. The molecule has 3 nitrogen and oxygen atoms in total. The van der Waals surface area contributed by atoms with Crippen LogP contribution in [0.2, 0.25) is 0 Å². The second-order valence-corrected chi connectivity index (χ2v) is 4.01. The summed E-state index contributed by atoms with van der Waals surface area (Å²) in [5.41, 5.74) is 9.24. The molecule has 0 aliphatic carbocycles. The highest BCUT2D eigenvalue weighted by molar-refractivity contribution is 5.29. The standard InChI is InChI=1S/C12H21N3/c1-5-9-12(8(3)4)10(6-2)15-11(7-13)14-9/h8H,5-7,13H2,1-4H3. The van der Waals surface area contributed by atoms with Gasteiger partial charge in [0.25, 0.3) is 0 Å². The Morgan fingerprint density at radius 3 is 1.80 bits per heavy atom. The first-order valence-corrected chi connectivity index (χ1v) is 5.72. The fourth-order valence-electron chi connectivity index (χ4n) is 1.92. The zero-order valence-corrected chi connectivity index (χ0v) is 10.2. The minimum Gasteiger partial charge on any atom is -0.324 e. The highest BCUT2D eigenvalue weighted by Gasteiger charge is 2.14. The summed E-state index contributed by atoms with van der Waals surface area (Å²) in [5.74, 6) is 1.26. The SMILES string of the molecule is CCc1nc(CN)nc(CC)c1C(C)C. The molecule has 0 aliphatic rings. The van der Waals surface area contributed by atoms with E-state index < -0.39 is 0 Å². The van der Waals surface area contributed by atoms with E-state index in [1.165, 1.54) is 5.56 Å². The van der Waals surface area contributed by atoms with Gasteiger partial charge >= 0.3 is 0 Å². The second-order valence-electron chi connectivity index (χ2n) is 4.01. The van der Waals surface area contributed by atoms with Crippen molar-refractivity contribution in [3.63, 3.8) is 0 Å². The normalized spacial score (nSPS) is 11.1. The molecule has 0 saturated heterocycles. The van der Waals surface area contributed by atoms with Crippen LogP contribution in [0.5, 0.6) is 0 Å². The molecule has 0 fully saturated rings. The van der Waals surface area contributed by atoms with Crippen molar-refractivity contribution in [1.29, 1.82) is 0 Å². The molecule has 0 aliphatic heterocycles. The molecular weight excluding hydrogens is 186 g/mol. The molecule has 1 aromatic heterocycles. The van der Waals surface area contributed by atoms with Crippen molar-refractivity contribution in [3.8, 4) is 0 Å². The van der Waals surface area contributed by atoms with Crippen molar-refractivity contribution in [2.24, 2.45) is 5.73 Å². The summed E-state index contributed by atoms with van der Waals surface area (Å²) in [6.07, 6.45) is 1.91. The van der Waals surface area contributed by atoms with Crippen molar-refractivity contribution < 1.29 is 0 Å². The van der Waals surface area contributed by atoms with E-state index in [1.807, 2.05) is 0 Å². The summed E-state index contributed by atoms with van der Waals surface area (Å²) in [7, 11) is 0. The summed E-state index contributed by atoms with van der Waals surface area (Å²) < 4.78 is 0. The lowest BCUT2D eigenvalue weighted by Gasteiger charge is -2.16. The monoisotopic (exact) mass is 207 g/mol. The van der Waals surface area contributed by atoms with Crippen molar-refractivity contribution in [2.75, 3.05) is 0 Å². The van der Waals surface area contributed by atoms with Gasteiger partial charge in [0.2, 0.25) is 0 Å². The third-order valence-corrected chi connectivity index (χ3v) is 2.58. The molecule has 0 unspecified atom stereocenters. The van der Waals surface area contributed by atoms with E-state index in [1.54, 1.807) is 0 Å². The minimum absolute atomic E-state index is 0.429. The van der Waals surface area contributed by atoms with Crippen LogP contribution in [0.25, 0.3) is 0 Å². The van der Waals surface area contributed by atoms with E-state index in [9.17, 15) is 0 Å². The average molecular weight is 207 g/mol. The van der Waals surface area contributed by atoms with Crippen LogP contribution >= 0.6 is 0 Å². The van der Waals surface area contributed by atoms with Gasteiger partial charge in [-0.25, -0.2) is 9.97 Å². The smallest absolute Gasteiger partial charge is 0.142 e. The molecule has 0 bridgehead atoms. The first-order chi connectivity index (χ1) is 7.13. The number of hydrogen-bond acceptors (Lipinski definition) is 3. The first kappa shape index (κ1) is 12.1. The van der Waals surface area contributed by atoms with Crippen LogP contribution in [-0.2, 0) is 19.4 Å². The Bertz CT molecular complexity index is 307. The minimum atomic E-state index is 0.429. The maximum atomic E-state index is 5.60. The number of nitrogens with zero attached hydrogens (tertiary/aromatic N) is 2. The van der Waals surface area contributed by atoms with Crippen molar-refractivity contribution in [2.45, 2.75) is 53.0 Å². The van der Waals surface area contributed by atoms with E-state index in [0.717, 1.165) is 30.1 Å². The predicted molar refractivity (Wildman–Crippen MR) is 62.8 cm³/mol. The van der Waals surface area contributed by atoms with Crippen molar-refractivity contribution in [3.05, 3.63) is 22.8 Å². The van der Waals surface area contributed by atoms with Crippen molar-refractivity contribution >= 4 is 0 Å². The van der Waals surface area contributed by atoms with Gasteiger partial charge in [0.15, 0.2) is 0 Å². The average Bonchev–Trinajstić information content (AvgIpc) is 2.26. The van der Waals surface area contributed by atoms with Crippen LogP contribution in [0.15, 0.2) is 0 Å². The summed E-state index contributed by atoms with van der Waals surface area (Å²) in [6, 6.07) is 0. The lowest BCUT2D eigenvalue weighted by Crippen LogP contribution is -2.13. The highest BCUT2D eigenvalue weighted by atomic mass is 14.9. The van der Waals surface area contributed by atoms with Gasteiger partial charge in [-0.15, -0.1) is 0 Å². The summed E-state index contributed by atoms with van der Waals surface area (Å²) in [4.78, 5) is 9.01. The Hall–Kier alpha value is -0.960. The fraction of sp³-hybridized carbons (Fsp3) is 0.667. The Balaban J connectivity index is 3.32. The van der Waals surface area contributed by atoms with Crippen LogP contribution in [0, 0.1) is 0 Å². The topological polar surface area (TPSA) is 51.8 Å². The molecule has 0 saturated carbocycles. The van der Waals surface area contributed by atoms with Crippen LogP contribution in [-0.4, -0.2) is 9.97 Å². The summed E-state index contributed by atoms with van der Waals surface area (Å²) >= 11 is 0. The molecule has 84 valence electrons. The van der Waals surface area contributed by atoms with Gasteiger partial charge in [-0.1, -0.05) is 27.7 Å². The second kappa shape index (κ2) is 5.21. The molecule has 0 atom stereocenters. The Labute approximate surface area is 92.1 Å². The molecule has 1 heterocycles. The zero-order valence-electron chi connectivity index (χ0n) is 10.2. The molecule has 3 heteroatoms. The molecule has 1 aromatic rings. The van der Waals surface area contributed by atoms with Crippen molar-refractivity contribution in [1.82, 2.24) is 9.97 Å². The van der Waals surface area contributed by atoms with Gasteiger partial charge in [-0.3, -0.25) is 0 Å². The van der Waals surface area contributed by atoms with Gasteiger partial charge in [-0.05, 0) is 24.3 Å². The lowest BCUT2D eigenvalue weighted by molar-refractivity contribution is 0.747. The van der Waals surface area contributed by atoms with Gasteiger partial charge < -0.3 is 5.73 Å². The molecule has 1 rings (SSSR count). The molecule has 0 spiro atoms. The summed E-state index contributed by atoms with van der Waals surface area (Å²) in [5, 5.41) is 0. The van der Waals surface area contributed by atoms with Crippen LogP contribution in [0.1, 0.15) is 56.4 Å². The van der Waals surface area contributed by atoms with E-state index >= 15 is 0 Å². The number of aromatic nitrogens is 2. The predicted octanol–water partition coefficient (Wildman–Crippen LogP) is 2.18. The Morgan fingerprint density at radius 1 is 1.07 bits per heavy atom. The lowest BCUT2D eigenvalue weighted by atomic mass is 9.96. The third-order valence-electron chi connectivity index (χ3n) is 2.58. The van der Waals surface area contributed by atoms with Crippen LogP contribution in [0.3, 0.4) is 0 Å². The first-order valence-electron chi connectivity index (χ1n) is 5.72. The maximum Gasteiger partial charge on any atom is 0.142 e. The van der Waals surface area contributed by atoms with Gasteiger partial charge in [0.05, 0.1) is 6.54 Å². The van der Waals surface area contributed by atoms with Crippen LogP contribution in [0.4, 0.5) is 0 Å².